The van der Waals surface area contributed by atoms with E-state index in [-0.39, 0.29) is 5.56 Å². The summed E-state index contributed by atoms with van der Waals surface area (Å²) in [4.78, 5) is 16.1. The molecular formula is C18H23FN4O. The molecule has 0 bridgehead atoms. The fraction of sp³-hybridized carbons (Fsp3) is 0.444. The van der Waals surface area contributed by atoms with Gasteiger partial charge in [-0.05, 0) is 37.0 Å². The van der Waals surface area contributed by atoms with E-state index in [1.54, 1.807) is 19.2 Å². The SMILES string of the molecule is CN=CC(=CN)NC(=O)c1cc(C2CC2NC2CCC2)ccc1F. The van der Waals surface area contributed by atoms with E-state index < -0.39 is 11.7 Å². The Bertz CT molecular complexity index is 682. The van der Waals surface area contributed by atoms with E-state index in [4.69, 9.17) is 5.73 Å². The molecule has 2 atom stereocenters. The second-order valence-electron chi connectivity index (χ2n) is 6.45. The lowest BCUT2D eigenvalue weighted by atomic mass is 9.93. The Balaban J connectivity index is 1.69. The van der Waals surface area contributed by atoms with E-state index in [9.17, 15) is 9.18 Å². The first-order valence-corrected chi connectivity index (χ1v) is 8.33. The average Bonchev–Trinajstić information content (AvgIpc) is 3.30. The molecule has 1 amide bonds. The van der Waals surface area contributed by atoms with Crippen molar-refractivity contribution >= 4 is 12.1 Å². The molecule has 0 aromatic heterocycles. The Morgan fingerprint density at radius 3 is 2.83 bits per heavy atom. The van der Waals surface area contributed by atoms with Crippen LogP contribution in [0, 0.1) is 5.82 Å². The van der Waals surface area contributed by atoms with Gasteiger partial charge in [0.25, 0.3) is 5.91 Å². The minimum Gasteiger partial charge on any atom is -0.403 e. The highest BCUT2D eigenvalue weighted by Gasteiger charge is 2.40. The van der Waals surface area contributed by atoms with Crippen molar-refractivity contribution in [2.24, 2.45) is 10.7 Å². The van der Waals surface area contributed by atoms with E-state index >= 15 is 0 Å². The summed E-state index contributed by atoms with van der Waals surface area (Å²) in [6, 6.07) is 5.86. The van der Waals surface area contributed by atoms with E-state index in [1.807, 2.05) is 0 Å². The van der Waals surface area contributed by atoms with Crippen molar-refractivity contribution < 1.29 is 9.18 Å². The standard InChI is InChI=1S/C18H23FN4O/c1-21-10-13(9-20)23-18(24)15-7-11(5-6-16(15)19)14-8-17(14)22-12-3-2-4-12/h5-7,9-10,12,14,17,22H,2-4,8,20H2,1H3,(H,23,24). The molecule has 24 heavy (non-hydrogen) atoms. The molecule has 3 rings (SSSR count). The minimum atomic E-state index is -0.537. The highest BCUT2D eigenvalue weighted by molar-refractivity contribution is 5.99. The number of halogens is 1. The molecule has 128 valence electrons. The number of nitrogens with two attached hydrogens (primary N) is 1. The van der Waals surface area contributed by atoms with Gasteiger partial charge in [-0.25, -0.2) is 4.39 Å². The Kier molecular flexibility index (Phi) is 4.94. The van der Waals surface area contributed by atoms with Crippen LogP contribution in [0.5, 0.6) is 0 Å². The monoisotopic (exact) mass is 330 g/mol. The maximum atomic E-state index is 14.1. The van der Waals surface area contributed by atoms with Crippen LogP contribution in [-0.2, 0) is 0 Å². The molecule has 2 unspecified atom stereocenters. The summed E-state index contributed by atoms with van der Waals surface area (Å²) < 4.78 is 14.1. The molecule has 5 nitrogen and oxygen atoms in total. The summed E-state index contributed by atoms with van der Waals surface area (Å²) >= 11 is 0. The molecule has 2 fully saturated rings. The van der Waals surface area contributed by atoms with Gasteiger partial charge in [0.15, 0.2) is 0 Å². The third-order valence-corrected chi connectivity index (χ3v) is 4.71. The van der Waals surface area contributed by atoms with E-state index in [0.717, 1.165) is 12.0 Å². The Morgan fingerprint density at radius 1 is 1.42 bits per heavy atom. The van der Waals surface area contributed by atoms with Gasteiger partial charge in [0.05, 0.1) is 11.3 Å². The highest BCUT2D eigenvalue weighted by Crippen LogP contribution is 2.42. The normalized spacial score (nSPS) is 24.0. The zero-order valence-corrected chi connectivity index (χ0v) is 13.8. The van der Waals surface area contributed by atoms with Gasteiger partial charge in [-0.15, -0.1) is 0 Å². The summed E-state index contributed by atoms with van der Waals surface area (Å²) in [7, 11) is 1.57. The van der Waals surface area contributed by atoms with E-state index in [1.165, 1.54) is 37.7 Å². The molecule has 0 heterocycles. The number of carbonyl (C=O) groups is 1. The Hall–Kier alpha value is -2.21. The Morgan fingerprint density at radius 2 is 2.21 bits per heavy atom. The summed E-state index contributed by atoms with van der Waals surface area (Å²) in [5.41, 5.74) is 6.79. The second-order valence-corrected chi connectivity index (χ2v) is 6.45. The lowest BCUT2D eigenvalue weighted by molar-refractivity contribution is 0.0964. The van der Waals surface area contributed by atoms with Crippen LogP contribution in [0.3, 0.4) is 0 Å². The van der Waals surface area contributed by atoms with Gasteiger partial charge in [-0.1, -0.05) is 12.5 Å². The summed E-state index contributed by atoms with van der Waals surface area (Å²) in [6.07, 6.45) is 7.47. The zero-order chi connectivity index (χ0) is 17.1. The number of allylic oxidation sites excluding steroid dienone is 1. The van der Waals surface area contributed by atoms with Crippen molar-refractivity contribution in [2.75, 3.05) is 7.05 Å². The average molecular weight is 330 g/mol. The highest BCUT2D eigenvalue weighted by atomic mass is 19.1. The van der Waals surface area contributed by atoms with Crippen LogP contribution in [0.25, 0.3) is 0 Å². The zero-order valence-electron chi connectivity index (χ0n) is 13.8. The molecule has 2 aliphatic rings. The van der Waals surface area contributed by atoms with Crippen molar-refractivity contribution in [3.8, 4) is 0 Å². The van der Waals surface area contributed by atoms with Gasteiger partial charge >= 0.3 is 0 Å². The van der Waals surface area contributed by atoms with Crippen LogP contribution in [0.2, 0.25) is 0 Å². The number of nitrogens with zero attached hydrogens (tertiary/aromatic N) is 1. The molecule has 1 aromatic carbocycles. The van der Waals surface area contributed by atoms with Crippen LogP contribution >= 0.6 is 0 Å². The minimum absolute atomic E-state index is 0.0330. The summed E-state index contributed by atoms with van der Waals surface area (Å²) in [6.45, 7) is 0. The third-order valence-electron chi connectivity index (χ3n) is 4.71. The molecule has 6 heteroatoms. The van der Waals surface area contributed by atoms with E-state index in [0.29, 0.717) is 23.7 Å². The number of hydrogen-bond donors (Lipinski definition) is 3. The first-order valence-electron chi connectivity index (χ1n) is 8.33. The lowest BCUT2D eigenvalue weighted by Crippen LogP contribution is -2.37. The molecule has 0 aliphatic heterocycles. The van der Waals surface area contributed by atoms with Crippen molar-refractivity contribution in [1.82, 2.24) is 10.6 Å². The molecule has 0 saturated heterocycles. The van der Waals surface area contributed by atoms with Crippen LogP contribution in [0.1, 0.15) is 47.5 Å². The molecule has 2 aliphatic carbocycles. The van der Waals surface area contributed by atoms with Crippen LogP contribution in [0.15, 0.2) is 35.1 Å². The second kappa shape index (κ2) is 7.13. The van der Waals surface area contributed by atoms with Gasteiger partial charge in [-0.3, -0.25) is 9.79 Å². The van der Waals surface area contributed by atoms with Crippen LogP contribution in [0.4, 0.5) is 4.39 Å². The van der Waals surface area contributed by atoms with Gasteiger partial charge in [0.1, 0.15) is 5.82 Å². The summed E-state index contributed by atoms with van der Waals surface area (Å²) in [5, 5.41) is 6.19. The molecule has 4 N–H and O–H groups in total. The predicted molar refractivity (Wildman–Crippen MR) is 92.5 cm³/mol. The van der Waals surface area contributed by atoms with Crippen molar-refractivity contribution in [3.63, 3.8) is 0 Å². The maximum Gasteiger partial charge on any atom is 0.258 e. The number of amides is 1. The largest absolute Gasteiger partial charge is 0.403 e. The van der Waals surface area contributed by atoms with Crippen molar-refractivity contribution in [3.05, 3.63) is 47.0 Å². The van der Waals surface area contributed by atoms with Gasteiger partial charge in [0.2, 0.25) is 0 Å². The first-order chi connectivity index (χ1) is 11.6. The fourth-order valence-corrected chi connectivity index (χ4v) is 3.03. The number of nitrogens with one attached hydrogen (secondary N) is 2. The van der Waals surface area contributed by atoms with Gasteiger partial charge < -0.3 is 16.4 Å². The molecule has 2 saturated carbocycles. The van der Waals surface area contributed by atoms with E-state index in [2.05, 4.69) is 15.6 Å². The molecular weight excluding hydrogens is 307 g/mol. The number of rotatable bonds is 6. The Labute approximate surface area is 141 Å². The number of carbonyl (C=O) groups excluding carboxylic acids is 1. The van der Waals surface area contributed by atoms with Gasteiger partial charge in [-0.2, -0.15) is 0 Å². The van der Waals surface area contributed by atoms with Gasteiger partial charge in [0, 0.05) is 37.5 Å². The fourth-order valence-electron chi connectivity index (χ4n) is 3.03. The third kappa shape index (κ3) is 3.64. The van der Waals surface area contributed by atoms with Crippen LogP contribution in [-0.4, -0.2) is 31.3 Å². The number of aliphatic imine (C=N–C) groups is 1. The first kappa shape index (κ1) is 16.6. The van der Waals surface area contributed by atoms with Crippen molar-refractivity contribution in [2.45, 2.75) is 43.7 Å². The maximum absolute atomic E-state index is 14.1. The van der Waals surface area contributed by atoms with Crippen LogP contribution < -0.4 is 16.4 Å². The lowest BCUT2D eigenvalue weighted by Gasteiger charge is -2.26. The molecule has 1 aromatic rings. The number of benzene rings is 1. The number of hydrogen-bond acceptors (Lipinski definition) is 4. The van der Waals surface area contributed by atoms with Crippen molar-refractivity contribution in [1.29, 1.82) is 0 Å². The smallest absolute Gasteiger partial charge is 0.258 e. The predicted octanol–water partition coefficient (Wildman–Crippen LogP) is 2.05. The summed E-state index contributed by atoms with van der Waals surface area (Å²) in [5.74, 6) is -0.695. The molecule has 0 spiro atoms. The quantitative estimate of drug-likeness (QED) is 0.699. The topological polar surface area (TPSA) is 79.5 Å². The molecule has 0 radical (unpaired) electrons.